The normalized spacial score (nSPS) is 14.6. The van der Waals surface area contributed by atoms with Crippen molar-refractivity contribution in [3.05, 3.63) is 190 Å². The Kier molecular flexibility index (Phi) is 8.90. The van der Waals surface area contributed by atoms with Gasteiger partial charge in [0.2, 0.25) is 0 Å². The van der Waals surface area contributed by atoms with Crippen LogP contribution in [0.3, 0.4) is 0 Å². The number of fused-ring (bicyclic) bond motifs is 7. The molecule has 2 aliphatic carbocycles. The van der Waals surface area contributed by atoms with Crippen LogP contribution in [0.25, 0.3) is 22.3 Å². The molecule has 0 aromatic heterocycles. The van der Waals surface area contributed by atoms with Gasteiger partial charge in [-0.25, -0.2) is 0 Å². The standard InChI is InChI=1S/C52H42F6N2/c1-31-27-39(59(35-13-9-7-10-14-35)37-21-17-33(18-22-37)51(53,54)55)29-43-45(31)41-25-26-42-46-32(2)28-40(30-44(46)50(5,6)48(42)47(41)49(43,3)4)60(36-15-11-8-12-16-36)38-23-19-34(20-24-38)52(56,57)58/h7-30H,1-6H3. The second kappa shape index (κ2) is 13.6. The highest BCUT2D eigenvalue weighted by molar-refractivity contribution is 5.95. The summed E-state index contributed by atoms with van der Waals surface area (Å²) in [6.45, 7) is 13.2. The lowest BCUT2D eigenvalue weighted by molar-refractivity contribution is -0.138. The molecule has 0 bridgehead atoms. The van der Waals surface area contributed by atoms with E-state index in [0.717, 1.165) is 91.5 Å². The van der Waals surface area contributed by atoms with Crippen molar-refractivity contribution in [2.45, 2.75) is 64.7 Å². The fourth-order valence-electron chi connectivity index (χ4n) is 9.73. The van der Waals surface area contributed by atoms with Gasteiger partial charge >= 0.3 is 12.4 Å². The SMILES string of the molecule is Cc1cc(N(c2ccccc2)c2ccc(C(F)(F)F)cc2)cc2c1-c1ccc3c(c1C2(C)C)C(C)(C)c1cc(N(c2ccccc2)c2ccc(C(F)(F)F)cc2)cc(C)c1-3. The number of para-hydroxylation sites is 2. The van der Waals surface area contributed by atoms with E-state index in [0.29, 0.717) is 11.4 Å². The Hall–Kier alpha value is -6.28. The van der Waals surface area contributed by atoms with Crippen LogP contribution in [0, 0.1) is 13.8 Å². The van der Waals surface area contributed by atoms with Gasteiger partial charge in [-0.1, -0.05) is 76.2 Å². The van der Waals surface area contributed by atoms with E-state index >= 15 is 0 Å². The van der Waals surface area contributed by atoms with Gasteiger partial charge in [0, 0.05) is 45.0 Å². The van der Waals surface area contributed by atoms with Crippen molar-refractivity contribution < 1.29 is 26.3 Å². The number of benzene rings is 7. The summed E-state index contributed by atoms with van der Waals surface area (Å²) in [7, 11) is 0. The number of alkyl halides is 6. The van der Waals surface area contributed by atoms with Crippen LogP contribution >= 0.6 is 0 Å². The predicted octanol–water partition coefficient (Wildman–Crippen LogP) is 15.9. The monoisotopic (exact) mass is 808 g/mol. The summed E-state index contributed by atoms with van der Waals surface area (Å²) in [5, 5.41) is 0. The highest BCUT2D eigenvalue weighted by atomic mass is 19.4. The van der Waals surface area contributed by atoms with Crippen molar-refractivity contribution in [3.8, 4) is 22.3 Å². The van der Waals surface area contributed by atoms with Gasteiger partial charge in [-0.2, -0.15) is 26.3 Å². The zero-order valence-corrected chi connectivity index (χ0v) is 34.0. The zero-order valence-electron chi connectivity index (χ0n) is 34.0. The van der Waals surface area contributed by atoms with Gasteiger partial charge < -0.3 is 9.80 Å². The molecule has 0 unspecified atom stereocenters. The Labute approximate surface area is 346 Å². The third kappa shape index (κ3) is 6.18. The number of anilines is 6. The van der Waals surface area contributed by atoms with E-state index in [1.807, 2.05) is 70.5 Å². The quantitative estimate of drug-likeness (QED) is 0.154. The van der Waals surface area contributed by atoms with Crippen LogP contribution in [0.5, 0.6) is 0 Å². The second-order valence-corrected chi connectivity index (χ2v) is 17.0. The van der Waals surface area contributed by atoms with Gasteiger partial charge in [-0.15, -0.1) is 0 Å². The lowest BCUT2D eigenvalue weighted by Crippen LogP contribution is -2.24. The van der Waals surface area contributed by atoms with Gasteiger partial charge in [-0.3, -0.25) is 0 Å². The van der Waals surface area contributed by atoms with Crippen LogP contribution in [0.4, 0.5) is 60.5 Å². The van der Waals surface area contributed by atoms with E-state index in [1.165, 1.54) is 35.4 Å². The number of aryl methyl sites for hydroxylation is 2. The maximum atomic E-state index is 13.6. The molecular formula is C52H42F6N2. The minimum Gasteiger partial charge on any atom is -0.310 e. The molecule has 8 heteroatoms. The van der Waals surface area contributed by atoms with E-state index in [9.17, 15) is 26.3 Å². The average molecular weight is 809 g/mol. The molecule has 0 aliphatic heterocycles. The zero-order chi connectivity index (χ0) is 42.5. The van der Waals surface area contributed by atoms with Crippen LogP contribution < -0.4 is 9.80 Å². The first-order valence-electron chi connectivity index (χ1n) is 19.9. The van der Waals surface area contributed by atoms with E-state index in [2.05, 4.69) is 77.9 Å². The summed E-state index contributed by atoms with van der Waals surface area (Å²) in [6.07, 6.45) is -8.89. The van der Waals surface area contributed by atoms with Crippen LogP contribution in [-0.4, -0.2) is 0 Å². The molecule has 0 fully saturated rings. The number of hydrogen-bond donors (Lipinski definition) is 0. The van der Waals surface area contributed by atoms with E-state index in [4.69, 9.17) is 0 Å². The Balaban J connectivity index is 1.17. The molecular weight excluding hydrogens is 767 g/mol. The molecule has 302 valence electrons. The first-order valence-corrected chi connectivity index (χ1v) is 19.9. The molecule has 0 saturated carbocycles. The lowest BCUT2D eigenvalue weighted by atomic mass is 9.72. The fraction of sp³-hybridized carbons (Fsp3) is 0.192. The van der Waals surface area contributed by atoms with Gasteiger partial charge in [0.25, 0.3) is 0 Å². The van der Waals surface area contributed by atoms with Crippen molar-refractivity contribution in [1.29, 1.82) is 0 Å². The predicted molar refractivity (Wildman–Crippen MR) is 230 cm³/mol. The molecule has 0 heterocycles. The molecule has 7 aromatic rings. The van der Waals surface area contributed by atoms with E-state index < -0.39 is 34.3 Å². The Morgan fingerprint density at radius 3 is 1.02 bits per heavy atom. The first kappa shape index (κ1) is 39.2. The van der Waals surface area contributed by atoms with E-state index in [-0.39, 0.29) is 0 Å². The van der Waals surface area contributed by atoms with Crippen molar-refractivity contribution in [1.82, 2.24) is 0 Å². The van der Waals surface area contributed by atoms with Crippen LogP contribution in [0.1, 0.15) is 72.2 Å². The summed E-state index contributed by atoms with van der Waals surface area (Å²) in [6, 6.07) is 43.1. The summed E-state index contributed by atoms with van der Waals surface area (Å²) in [5.74, 6) is 0. The Morgan fingerprint density at radius 1 is 0.383 bits per heavy atom. The number of hydrogen-bond acceptors (Lipinski definition) is 2. The minimum absolute atomic E-state index is 0.467. The van der Waals surface area contributed by atoms with E-state index in [1.54, 1.807) is 0 Å². The van der Waals surface area contributed by atoms with Crippen molar-refractivity contribution in [2.75, 3.05) is 9.80 Å². The van der Waals surface area contributed by atoms with Crippen LogP contribution in [-0.2, 0) is 23.2 Å². The van der Waals surface area contributed by atoms with Gasteiger partial charge in [0.15, 0.2) is 0 Å². The number of nitrogens with zero attached hydrogens (tertiary/aromatic N) is 2. The molecule has 2 nitrogen and oxygen atoms in total. The topological polar surface area (TPSA) is 6.48 Å². The minimum atomic E-state index is -4.45. The van der Waals surface area contributed by atoms with Crippen molar-refractivity contribution >= 4 is 34.1 Å². The van der Waals surface area contributed by atoms with Gasteiger partial charge in [0.1, 0.15) is 0 Å². The molecule has 2 aliphatic rings. The molecule has 0 N–H and O–H groups in total. The highest BCUT2D eigenvalue weighted by Crippen LogP contribution is 2.61. The first-order chi connectivity index (χ1) is 28.4. The van der Waals surface area contributed by atoms with Crippen molar-refractivity contribution in [2.24, 2.45) is 0 Å². The molecule has 7 aromatic carbocycles. The molecule has 0 saturated heterocycles. The average Bonchev–Trinajstić information content (AvgIpc) is 3.58. The fourth-order valence-corrected chi connectivity index (χ4v) is 9.73. The summed E-state index contributed by atoms with van der Waals surface area (Å²) >= 11 is 0. The second-order valence-electron chi connectivity index (χ2n) is 17.0. The smallest absolute Gasteiger partial charge is 0.310 e. The van der Waals surface area contributed by atoms with Gasteiger partial charge in [0.05, 0.1) is 11.1 Å². The molecule has 60 heavy (non-hydrogen) atoms. The molecule has 9 rings (SSSR count). The van der Waals surface area contributed by atoms with Crippen LogP contribution in [0.15, 0.2) is 146 Å². The third-order valence-corrected chi connectivity index (χ3v) is 12.4. The molecule has 0 spiro atoms. The Morgan fingerprint density at radius 2 is 0.700 bits per heavy atom. The lowest BCUT2D eigenvalue weighted by Gasteiger charge is -2.32. The third-order valence-electron chi connectivity index (χ3n) is 12.4. The maximum absolute atomic E-state index is 13.6. The molecule has 0 amide bonds. The van der Waals surface area contributed by atoms with Gasteiger partial charge in [-0.05, 0) is 167 Å². The number of rotatable bonds is 6. The highest BCUT2D eigenvalue weighted by Gasteiger charge is 2.47. The summed E-state index contributed by atoms with van der Waals surface area (Å²) < 4.78 is 81.8. The summed E-state index contributed by atoms with van der Waals surface area (Å²) in [5.41, 5.74) is 13.7. The largest absolute Gasteiger partial charge is 0.416 e. The maximum Gasteiger partial charge on any atom is 0.416 e. The molecule has 0 atom stereocenters. The summed E-state index contributed by atoms with van der Waals surface area (Å²) in [4.78, 5) is 4.02. The van der Waals surface area contributed by atoms with Crippen molar-refractivity contribution in [3.63, 3.8) is 0 Å². The molecule has 0 radical (unpaired) electrons. The Bertz CT molecular complexity index is 2590. The van der Waals surface area contributed by atoms with Crippen LogP contribution in [0.2, 0.25) is 0 Å². The number of halogens is 6.